The van der Waals surface area contributed by atoms with E-state index in [0.29, 0.717) is 6.04 Å². The van der Waals surface area contributed by atoms with Gasteiger partial charge in [-0.1, -0.05) is 36.4 Å². The van der Waals surface area contributed by atoms with E-state index in [1.807, 2.05) is 0 Å². The minimum Gasteiger partial charge on any atom is -0.347 e. The highest BCUT2D eigenvalue weighted by Gasteiger charge is 2.30. The first-order valence-electron chi connectivity index (χ1n) is 7.23. The van der Waals surface area contributed by atoms with Gasteiger partial charge in [-0.15, -0.1) is 0 Å². The summed E-state index contributed by atoms with van der Waals surface area (Å²) < 4.78 is 0. The standard InChI is InChI=1S/C17H21N3/c1-3-6-14-11-13-7-4-5-8-15(13)16-12-19-9-10-20(16)17(14)18-2/h3-8,16,19H,2,9-12H2,1H3/b6-3-. The zero-order valence-electron chi connectivity index (χ0n) is 12.0. The van der Waals surface area contributed by atoms with Crippen molar-refractivity contribution in [2.75, 3.05) is 19.6 Å². The van der Waals surface area contributed by atoms with E-state index >= 15 is 0 Å². The van der Waals surface area contributed by atoms with Crippen molar-refractivity contribution in [3.05, 3.63) is 58.9 Å². The molecule has 3 rings (SSSR count). The maximum Gasteiger partial charge on any atom is 0.131 e. The molecular formula is C17H21N3. The normalized spacial score (nSPS) is 22.4. The van der Waals surface area contributed by atoms with Gasteiger partial charge in [0.2, 0.25) is 0 Å². The van der Waals surface area contributed by atoms with Crippen LogP contribution in [0.5, 0.6) is 0 Å². The maximum atomic E-state index is 4.35. The van der Waals surface area contributed by atoms with E-state index in [4.69, 9.17) is 0 Å². The first-order valence-corrected chi connectivity index (χ1v) is 7.23. The molecule has 20 heavy (non-hydrogen) atoms. The van der Waals surface area contributed by atoms with Crippen molar-refractivity contribution in [2.45, 2.75) is 19.4 Å². The van der Waals surface area contributed by atoms with Gasteiger partial charge in [0, 0.05) is 26.1 Å². The van der Waals surface area contributed by atoms with Gasteiger partial charge in [0.1, 0.15) is 5.82 Å². The van der Waals surface area contributed by atoms with Crippen LogP contribution >= 0.6 is 0 Å². The summed E-state index contributed by atoms with van der Waals surface area (Å²) in [4.78, 5) is 6.76. The van der Waals surface area contributed by atoms with Crippen molar-refractivity contribution in [3.8, 4) is 0 Å². The van der Waals surface area contributed by atoms with Gasteiger partial charge >= 0.3 is 0 Å². The van der Waals surface area contributed by atoms with E-state index in [-0.39, 0.29) is 0 Å². The van der Waals surface area contributed by atoms with Crippen LogP contribution < -0.4 is 5.32 Å². The van der Waals surface area contributed by atoms with Gasteiger partial charge in [0.15, 0.2) is 0 Å². The Morgan fingerprint density at radius 2 is 2.25 bits per heavy atom. The van der Waals surface area contributed by atoms with E-state index in [2.05, 4.69) is 65.3 Å². The maximum absolute atomic E-state index is 4.35. The Balaban J connectivity index is 2.16. The molecule has 3 nitrogen and oxygen atoms in total. The number of rotatable bonds is 2. The smallest absolute Gasteiger partial charge is 0.131 e. The lowest BCUT2D eigenvalue weighted by Crippen LogP contribution is -2.45. The number of allylic oxidation sites excluding steroid dienone is 3. The van der Waals surface area contributed by atoms with E-state index in [1.54, 1.807) is 0 Å². The second-order valence-corrected chi connectivity index (χ2v) is 5.30. The number of piperazine rings is 1. The highest BCUT2D eigenvalue weighted by atomic mass is 15.3. The fraction of sp³-hybridized carbons (Fsp3) is 0.353. The molecule has 1 aromatic rings. The summed E-state index contributed by atoms with van der Waals surface area (Å²) in [6.07, 6.45) is 5.19. The summed E-state index contributed by atoms with van der Waals surface area (Å²) in [5.74, 6) is 1.05. The van der Waals surface area contributed by atoms with Crippen molar-refractivity contribution < 1.29 is 0 Å². The van der Waals surface area contributed by atoms with Crippen LogP contribution in [-0.2, 0) is 6.42 Å². The number of hydrogen-bond acceptors (Lipinski definition) is 3. The molecule has 2 aliphatic rings. The number of fused-ring (bicyclic) bond motifs is 3. The molecule has 0 saturated carbocycles. The second kappa shape index (κ2) is 5.63. The van der Waals surface area contributed by atoms with E-state index in [1.165, 1.54) is 16.7 Å². The molecular weight excluding hydrogens is 246 g/mol. The van der Waals surface area contributed by atoms with Gasteiger partial charge in [-0.05, 0) is 30.3 Å². The summed E-state index contributed by atoms with van der Waals surface area (Å²) >= 11 is 0. The van der Waals surface area contributed by atoms with Crippen LogP contribution in [-0.4, -0.2) is 31.3 Å². The minimum atomic E-state index is 0.364. The molecule has 0 aliphatic carbocycles. The average Bonchev–Trinajstić information content (AvgIpc) is 2.62. The van der Waals surface area contributed by atoms with Crippen LogP contribution in [0.25, 0.3) is 0 Å². The summed E-state index contributed by atoms with van der Waals surface area (Å²) in [6, 6.07) is 9.10. The lowest BCUT2D eigenvalue weighted by molar-refractivity contribution is 0.209. The number of aliphatic imine (C=N–C) groups is 1. The molecule has 1 N–H and O–H groups in total. The highest BCUT2D eigenvalue weighted by molar-refractivity contribution is 5.43. The summed E-state index contributed by atoms with van der Waals surface area (Å²) in [5, 5.41) is 3.50. The van der Waals surface area contributed by atoms with Crippen molar-refractivity contribution in [2.24, 2.45) is 4.99 Å². The topological polar surface area (TPSA) is 27.6 Å². The van der Waals surface area contributed by atoms with Gasteiger partial charge < -0.3 is 10.2 Å². The number of nitrogens with zero attached hydrogens (tertiary/aromatic N) is 2. The zero-order chi connectivity index (χ0) is 13.9. The molecule has 0 spiro atoms. The van der Waals surface area contributed by atoms with Crippen molar-refractivity contribution >= 4 is 6.72 Å². The Kier molecular flexibility index (Phi) is 3.70. The molecule has 1 fully saturated rings. The monoisotopic (exact) mass is 267 g/mol. The fourth-order valence-corrected chi connectivity index (χ4v) is 3.25. The Morgan fingerprint density at radius 1 is 1.40 bits per heavy atom. The quantitative estimate of drug-likeness (QED) is 0.834. The third-order valence-corrected chi connectivity index (χ3v) is 4.12. The van der Waals surface area contributed by atoms with Crippen molar-refractivity contribution in [1.82, 2.24) is 10.2 Å². The lowest BCUT2D eigenvalue weighted by Gasteiger charge is -2.38. The summed E-state index contributed by atoms with van der Waals surface area (Å²) in [6.45, 7) is 8.82. The Bertz CT molecular complexity index is 571. The van der Waals surface area contributed by atoms with Gasteiger partial charge in [-0.2, -0.15) is 0 Å². The molecule has 1 aromatic carbocycles. The third kappa shape index (κ3) is 2.18. The van der Waals surface area contributed by atoms with Crippen LogP contribution in [0.3, 0.4) is 0 Å². The first-order chi connectivity index (χ1) is 9.85. The molecule has 0 bridgehead atoms. The zero-order valence-corrected chi connectivity index (χ0v) is 12.0. The van der Waals surface area contributed by atoms with Crippen LogP contribution in [0.15, 0.2) is 52.8 Å². The Hall–Kier alpha value is -1.87. The van der Waals surface area contributed by atoms with Crippen molar-refractivity contribution in [3.63, 3.8) is 0 Å². The summed E-state index contributed by atoms with van der Waals surface area (Å²) in [5.41, 5.74) is 4.08. The SMILES string of the molecule is C=NC1=C(/C=C\C)Cc2ccccc2C2CNCCN12. The molecule has 0 radical (unpaired) electrons. The van der Waals surface area contributed by atoms with Crippen molar-refractivity contribution in [1.29, 1.82) is 0 Å². The first kappa shape index (κ1) is 13.1. The molecule has 104 valence electrons. The Morgan fingerprint density at radius 3 is 3.05 bits per heavy atom. The fourth-order valence-electron chi connectivity index (χ4n) is 3.25. The highest BCUT2D eigenvalue weighted by Crippen LogP contribution is 2.35. The van der Waals surface area contributed by atoms with E-state index in [0.717, 1.165) is 31.9 Å². The summed E-state index contributed by atoms with van der Waals surface area (Å²) in [7, 11) is 0. The predicted molar refractivity (Wildman–Crippen MR) is 83.9 cm³/mol. The number of hydrogen-bond donors (Lipinski definition) is 1. The average molecular weight is 267 g/mol. The molecule has 2 aliphatic heterocycles. The van der Waals surface area contributed by atoms with Crippen LogP contribution in [0.2, 0.25) is 0 Å². The molecule has 1 saturated heterocycles. The second-order valence-electron chi connectivity index (χ2n) is 5.30. The van der Waals surface area contributed by atoms with Gasteiger partial charge in [0.05, 0.1) is 6.04 Å². The molecule has 0 amide bonds. The molecule has 1 unspecified atom stereocenters. The van der Waals surface area contributed by atoms with Crippen LogP contribution in [0.1, 0.15) is 24.1 Å². The van der Waals surface area contributed by atoms with E-state index < -0.39 is 0 Å². The van der Waals surface area contributed by atoms with Gasteiger partial charge in [0.25, 0.3) is 0 Å². The van der Waals surface area contributed by atoms with Gasteiger partial charge in [-0.3, -0.25) is 0 Å². The predicted octanol–water partition coefficient (Wildman–Crippen LogP) is 2.68. The third-order valence-electron chi connectivity index (χ3n) is 4.12. The Labute approximate surface area is 120 Å². The minimum absolute atomic E-state index is 0.364. The molecule has 1 atom stereocenters. The number of nitrogens with one attached hydrogen (secondary N) is 1. The largest absolute Gasteiger partial charge is 0.347 e. The van der Waals surface area contributed by atoms with E-state index in [9.17, 15) is 0 Å². The molecule has 0 aromatic heterocycles. The van der Waals surface area contributed by atoms with Crippen LogP contribution in [0.4, 0.5) is 0 Å². The number of benzene rings is 1. The van der Waals surface area contributed by atoms with Crippen LogP contribution in [0, 0.1) is 0 Å². The van der Waals surface area contributed by atoms with Gasteiger partial charge in [-0.25, -0.2) is 4.99 Å². The lowest BCUT2D eigenvalue weighted by atomic mass is 9.96. The molecule has 2 heterocycles. The molecule has 3 heteroatoms.